The molecule has 0 aliphatic heterocycles. The number of nitrogens with zero attached hydrogens (tertiary/aromatic N) is 1. The van der Waals surface area contributed by atoms with Crippen molar-refractivity contribution >= 4 is 29.9 Å². The number of para-hydroxylation sites is 1. The van der Waals surface area contributed by atoms with Gasteiger partial charge in [0.15, 0.2) is 5.96 Å². The van der Waals surface area contributed by atoms with Crippen molar-refractivity contribution in [3.05, 3.63) is 65.2 Å². The standard InChI is InChI=1S/C20H23F2N3O.HI/c1-23-20(24-11-10-13-6-3-4-9-18(13)26-2)25-17-12-14(17)19-15(21)7-5-8-16(19)22;/h3-9,14,17H,10-12H2,1-2H3,(H2,23,24,25);1H. The van der Waals surface area contributed by atoms with Crippen LogP contribution in [0.1, 0.15) is 23.5 Å². The van der Waals surface area contributed by atoms with Gasteiger partial charge in [-0.1, -0.05) is 24.3 Å². The molecule has 0 radical (unpaired) electrons. The second kappa shape index (κ2) is 9.87. The molecule has 4 nitrogen and oxygen atoms in total. The number of methoxy groups -OCH3 is 1. The van der Waals surface area contributed by atoms with Gasteiger partial charge in [-0.05, 0) is 36.6 Å². The molecule has 146 valence electrons. The van der Waals surface area contributed by atoms with E-state index in [1.54, 1.807) is 14.2 Å². The van der Waals surface area contributed by atoms with Crippen LogP contribution in [0, 0.1) is 11.6 Å². The molecule has 0 saturated heterocycles. The average Bonchev–Trinajstić information content (AvgIpc) is 3.39. The number of halogens is 3. The molecule has 7 heteroatoms. The van der Waals surface area contributed by atoms with E-state index in [1.165, 1.54) is 18.2 Å². The van der Waals surface area contributed by atoms with Crippen molar-refractivity contribution in [1.29, 1.82) is 0 Å². The van der Waals surface area contributed by atoms with Crippen molar-refractivity contribution in [3.8, 4) is 5.75 Å². The predicted molar refractivity (Wildman–Crippen MR) is 114 cm³/mol. The lowest BCUT2D eigenvalue weighted by Crippen LogP contribution is -2.40. The van der Waals surface area contributed by atoms with Crippen LogP contribution in [0.2, 0.25) is 0 Å². The third kappa shape index (κ3) is 5.31. The Kier molecular flexibility index (Phi) is 7.82. The molecule has 3 rings (SSSR count). The number of hydrogen-bond acceptors (Lipinski definition) is 2. The van der Waals surface area contributed by atoms with Crippen LogP contribution < -0.4 is 15.4 Å². The predicted octanol–water partition coefficient (Wildman–Crippen LogP) is 3.86. The minimum absolute atomic E-state index is 0. The fraction of sp³-hybridized carbons (Fsp3) is 0.350. The van der Waals surface area contributed by atoms with Gasteiger partial charge >= 0.3 is 0 Å². The van der Waals surface area contributed by atoms with Gasteiger partial charge in [-0.15, -0.1) is 24.0 Å². The molecular formula is C20H24F2IN3O. The molecule has 0 spiro atoms. The zero-order chi connectivity index (χ0) is 18.5. The van der Waals surface area contributed by atoms with Gasteiger partial charge in [0.25, 0.3) is 0 Å². The second-order valence-corrected chi connectivity index (χ2v) is 6.29. The quantitative estimate of drug-likeness (QED) is 0.370. The lowest BCUT2D eigenvalue weighted by Gasteiger charge is -2.13. The molecule has 1 aliphatic carbocycles. The van der Waals surface area contributed by atoms with E-state index in [9.17, 15) is 8.78 Å². The Morgan fingerprint density at radius 2 is 1.85 bits per heavy atom. The number of hydrogen-bond donors (Lipinski definition) is 2. The number of guanidine groups is 1. The molecule has 27 heavy (non-hydrogen) atoms. The van der Waals surface area contributed by atoms with Crippen molar-refractivity contribution in [2.24, 2.45) is 4.99 Å². The molecule has 1 saturated carbocycles. The SMILES string of the molecule is CN=C(NCCc1ccccc1OC)NC1CC1c1c(F)cccc1F.I. The highest BCUT2D eigenvalue weighted by atomic mass is 127. The van der Waals surface area contributed by atoms with E-state index in [-0.39, 0.29) is 41.5 Å². The van der Waals surface area contributed by atoms with Gasteiger partial charge in [0.05, 0.1) is 7.11 Å². The van der Waals surface area contributed by atoms with Crippen LogP contribution in [-0.2, 0) is 6.42 Å². The Morgan fingerprint density at radius 1 is 1.15 bits per heavy atom. The number of nitrogens with one attached hydrogen (secondary N) is 2. The van der Waals surface area contributed by atoms with E-state index in [0.717, 1.165) is 17.7 Å². The first-order valence-electron chi connectivity index (χ1n) is 8.67. The summed E-state index contributed by atoms with van der Waals surface area (Å²) in [7, 11) is 3.33. The maximum absolute atomic E-state index is 13.9. The van der Waals surface area contributed by atoms with E-state index < -0.39 is 11.6 Å². The summed E-state index contributed by atoms with van der Waals surface area (Å²) in [6, 6.07) is 11.8. The highest BCUT2D eigenvalue weighted by molar-refractivity contribution is 14.0. The number of rotatable bonds is 6. The smallest absolute Gasteiger partial charge is 0.191 e. The lowest BCUT2D eigenvalue weighted by atomic mass is 10.1. The molecule has 2 atom stereocenters. The molecule has 2 aromatic carbocycles. The van der Waals surface area contributed by atoms with Crippen LogP contribution >= 0.6 is 24.0 Å². The van der Waals surface area contributed by atoms with Crippen molar-refractivity contribution < 1.29 is 13.5 Å². The molecule has 0 bridgehead atoms. The number of aliphatic imine (C=N–C) groups is 1. The molecule has 0 aromatic heterocycles. The van der Waals surface area contributed by atoms with E-state index in [1.807, 2.05) is 24.3 Å². The van der Waals surface area contributed by atoms with Crippen LogP contribution in [0.25, 0.3) is 0 Å². The van der Waals surface area contributed by atoms with Gasteiger partial charge in [0.2, 0.25) is 0 Å². The zero-order valence-corrected chi connectivity index (χ0v) is 17.7. The first-order valence-corrected chi connectivity index (χ1v) is 8.67. The zero-order valence-electron chi connectivity index (χ0n) is 15.3. The topological polar surface area (TPSA) is 45.7 Å². The Labute approximate surface area is 175 Å². The normalized spacial score (nSPS) is 18.4. The first-order chi connectivity index (χ1) is 12.6. The third-order valence-electron chi connectivity index (χ3n) is 4.59. The molecule has 0 amide bonds. The summed E-state index contributed by atoms with van der Waals surface area (Å²) in [5.41, 5.74) is 1.27. The fourth-order valence-electron chi connectivity index (χ4n) is 3.13. The Bertz CT molecular complexity index is 780. The average molecular weight is 487 g/mol. The van der Waals surface area contributed by atoms with Crippen LogP contribution in [0.3, 0.4) is 0 Å². The summed E-state index contributed by atoms with van der Waals surface area (Å²) in [5.74, 6) is 0.347. The first kappa shape index (κ1) is 21.4. The molecule has 2 N–H and O–H groups in total. The highest BCUT2D eigenvalue weighted by Crippen LogP contribution is 2.43. The minimum atomic E-state index is -0.488. The summed E-state index contributed by atoms with van der Waals surface area (Å²) >= 11 is 0. The summed E-state index contributed by atoms with van der Waals surface area (Å²) < 4.78 is 33.1. The van der Waals surface area contributed by atoms with E-state index >= 15 is 0 Å². The maximum Gasteiger partial charge on any atom is 0.191 e. The fourth-order valence-corrected chi connectivity index (χ4v) is 3.13. The molecule has 0 heterocycles. The summed E-state index contributed by atoms with van der Waals surface area (Å²) in [4.78, 5) is 4.19. The molecule has 1 fully saturated rings. The van der Waals surface area contributed by atoms with E-state index in [2.05, 4.69) is 15.6 Å². The lowest BCUT2D eigenvalue weighted by molar-refractivity contribution is 0.409. The van der Waals surface area contributed by atoms with Gasteiger partial charge in [0.1, 0.15) is 17.4 Å². The maximum atomic E-state index is 13.9. The Balaban J connectivity index is 0.00000261. The van der Waals surface area contributed by atoms with Crippen molar-refractivity contribution in [3.63, 3.8) is 0 Å². The van der Waals surface area contributed by atoms with Gasteiger partial charge < -0.3 is 15.4 Å². The van der Waals surface area contributed by atoms with Gasteiger partial charge in [-0.2, -0.15) is 0 Å². The van der Waals surface area contributed by atoms with Crippen LogP contribution in [-0.4, -0.2) is 32.7 Å². The minimum Gasteiger partial charge on any atom is -0.496 e. The third-order valence-corrected chi connectivity index (χ3v) is 4.59. The van der Waals surface area contributed by atoms with Gasteiger partial charge in [-0.3, -0.25) is 4.99 Å². The van der Waals surface area contributed by atoms with Gasteiger partial charge in [-0.25, -0.2) is 8.78 Å². The Morgan fingerprint density at radius 3 is 2.52 bits per heavy atom. The summed E-state index contributed by atoms with van der Waals surface area (Å²) in [6.45, 7) is 0.672. The van der Waals surface area contributed by atoms with E-state index in [4.69, 9.17) is 4.74 Å². The highest BCUT2D eigenvalue weighted by Gasteiger charge is 2.42. The summed E-state index contributed by atoms with van der Waals surface area (Å²) in [5, 5.41) is 6.47. The van der Waals surface area contributed by atoms with Crippen molar-refractivity contribution in [1.82, 2.24) is 10.6 Å². The summed E-state index contributed by atoms with van der Waals surface area (Å²) in [6.07, 6.45) is 1.46. The van der Waals surface area contributed by atoms with Crippen LogP contribution in [0.4, 0.5) is 8.78 Å². The largest absolute Gasteiger partial charge is 0.496 e. The monoisotopic (exact) mass is 487 g/mol. The van der Waals surface area contributed by atoms with Gasteiger partial charge in [0, 0.05) is 31.1 Å². The van der Waals surface area contributed by atoms with Crippen molar-refractivity contribution in [2.75, 3.05) is 20.7 Å². The Hall–Kier alpha value is -1.90. The molecule has 2 aromatic rings. The molecular weight excluding hydrogens is 463 g/mol. The molecule has 2 unspecified atom stereocenters. The van der Waals surface area contributed by atoms with Crippen LogP contribution in [0.5, 0.6) is 5.75 Å². The van der Waals surface area contributed by atoms with E-state index in [0.29, 0.717) is 18.9 Å². The molecule has 1 aliphatic rings. The van der Waals surface area contributed by atoms with Crippen molar-refractivity contribution in [2.45, 2.75) is 24.8 Å². The van der Waals surface area contributed by atoms with Crippen LogP contribution in [0.15, 0.2) is 47.5 Å². The number of benzene rings is 2. The number of ether oxygens (including phenoxy) is 1. The second-order valence-electron chi connectivity index (χ2n) is 6.29.